The number of pyridine rings is 1. The second kappa shape index (κ2) is 11.9. The maximum atomic E-state index is 14.1. The summed E-state index contributed by atoms with van der Waals surface area (Å²) in [5.41, 5.74) is 5.17. The highest BCUT2D eigenvalue weighted by molar-refractivity contribution is 7.80. The molecule has 1 aliphatic heterocycles. The highest BCUT2D eigenvalue weighted by atomic mass is 32.1. The number of rotatable bonds is 8. The summed E-state index contributed by atoms with van der Waals surface area (Å²) >= 11 is 5.77. The number of hydrogen-bond acceptors (Lipinski definition) is 5. The lowest BCUT2D eigenvalue weighted by Crippen LogP contribution is -2.33. The molecule has 4 aromatic rings. The Morgan fingerprint density at radius 2 is 1.85 bits per heavy atom. The van der Waals surface area contributed by atoms with E-state index in [2.05, 4.69) is 26.3 Å². The molecule has 2 unspecified atom stereocenters. The summed E-state index contributed by atoms with van der Waals surface area (Å²) in [6.45, 7) is 4.33. The molecule has 1 fully saturated rings. The van der Waals surface area contributed by atoms with Gasteiger partial charge in [-0.3, -0.25) is 9.78 Å². The normalized spacial score (nSPS) is 16.4. The standard InChI is InChI=1S/C31H30FN5O3S/c1-19-17-23(20(2)37(19)22-10-8-9-21(18-22)30(39)40-3)29-28(26-13-6-7-15-33-26)35-31(41)36(29)16-14-27(38)34-25-12-5-4-11-24(25)32/h4-13,15,17-18,28-29H,14,16H2,1-3H3,(H,34,38)(H,35,41). The third-order valence-corrected chi connectivity index (χ3v) is 7.59. The maximum absolute atomic E-state index is 14.1. The van der Waals surface area contributed by atoms with Crippen LogP contribution >= 0.6 is 12.2 Å². The Balaban J connectivity index is 1.49. The minimum atomic E-state index is -0.490. The van der Waals surface area contributed by atoms with E-state index in [9.17, 15) is 14.0 Å². The zero-order chi connectivity index (χ0) is 29.1. The molecule has 0 saturated carbocycles. The van der Waals surface area contributed by atoms with Crippen molar-refractivity contribution in [2.45, 2.75) is 32.4 Å². The molecule has 2 aromatic carbocycles. The van der Waals surface area contributed by atoms with Crippen molar-refractivity contribution >= 4 is 34.9 Å². The molecule has 1 saturated heterocycles. The van der Waals surface area contributed by atoms with Crippen molar-refractivity contribution in [1.82, 2.24) is 19.8 Å². The lowest BCUT2D eigenvalue weighted by molar-refractivity contribution is -0.116. The molecule has 2 N–H and O–H groups in total. The first-order chi connectivity index (χ1) is 19.8. The SMILES string of the molecule is COC(=O)c1cccc(-n2c(C)cc(C3C(c4ccccn4)NC(=S)N3CCC(=O)Nc3ccccc3F)c2C)c1. The van der Waals surface area contributed by atoms with E-state index in [0.29, 0.717) is 17.2 Å². The number of nitrogens with one attached hydrogen (secondary N) is 2. The van der Waals surface area contributed by atoms with Crippen LogP contribution in [0, 0.1) is 19.7 Å². The number of esters is 1. The Hall–Kier alpha value is -4.57. The number of aromatic nitrogens is 2. The van der Waals surface area contributed by atoms with Crippen LogP contribution in [0.1, 0.15) is 51.5 Å². The number of carbonyl (C=O) groups excluding carboxylic acids is 2. The zero-order valence-electron chi connectivity index (χ0n) is 22.9. The molecule has 2 atom stereocenters. The molecule has 3 heterocycles. The lowest BCUT2D eigenvalue weighted by atomic mass is 9.96. The molecule has 10 heteroatoms. The average Bonchev–Trinajstić information content (AvgIpc) is 3.47. The van der Waals surface area contributed by atoms with Crippen LogP contribution in [0.3, 0.4) is 0 Å². The van der Waals surface area contributed by atoms with Gasteiger partial charge in [0, 0.05) is 36.2 Å². The van der Waals surface area contributed by atoms with Gasteiger partial charge in [-0.2, -0.15) is 0 Å². The molecular weight excluding hydrogens is 541 g/mol. The second-order valence-corrected chi connectivity index (χ2v) is 10.2. The number of benzene rings is 2. The summed E-state index contributed by atoms with van der Waals surface area (Å²) in [7, 11) is 1.36. The Bertz CT molecular complexity index is 1610. The second-order valence-electron chi connectivity index (χ2n) is 9.80. The monoisotopic (exact) mass is 571 g/mol. The van der Waals surface area contributed by atoms with Crippen LogP contribution in [0.5, 0.6) is 0 Å². The summed E-state index contributed by atoms with van der Waals surface area (Å²) in [5, 5.41) is 6.57. The number of carbonyl (C=O) groups is 2. The topological polar surface area (TPSA) is 88.5 Å². The van der Waals surface area contributed by atoms with Gasteiger partial charge in [0.1, 0.15) is 5.82 Å². The van der Waals surface area contributed by atoms with Crippen LogP contribution in [-0.4, -0.2) is 45.1 Å². The quantitative estimate of drug-likeness (QED) is 0.216. The number of halogens is 1. The van der Waals surface area contributed by atoms with E-state index in [1.165, 1.54) is 19.2 Å². The molecule has 0 aliphatic carbocycles. The van der Waals surface area contributed by atoms with Crippen LogP contribution in [0.25, 0.3) is 5.69 Å². The van der Waals surface area contributed by atoms with Gasteiger partial charge in [-0.15, -0.1) is 0 Å². The summed E-state index contributed by atoms with van der Waals surface area (Å²) in [6, 6.07) is 20.6. The number of amides is 1. The fraction of sp³-hybridized carbons (Fsp3) is 0.226. The molecule has 41 heavy (non-hydrogen) atoms. The summed E-state index contributed by atoms with van der Waals surface area (Å²) in [6.07, 6.45) is 1.84. The van der Waals surface area contributed by atoms with Crippen molar-refractivity contribution in [2.75, 3.05) is 19.0 Å². The van der Waals surface area contributed by atoms with Crippen LogP contribution in [0.15, 0.2) is 79.0 Å². The zero-order valence-corrected chi connectivity index (χ0v) is 23.7. The highest BCUT2D eigenvalue weighted by Crippen LogP contribution is 2.41. The molecule has 0 bridgehead atoms. The van der Waals surface area contributed by atoms with E-state index in [1.54, 1.807) is 30.5 Å². The Labute approximate surface area is 243 Å². The third-order valence-electron chi connectivity index (χ3n) is 7.24. The van der Waals surface area contributed by atoms with Crippen LogP contribution in [-0.2, 0) is 9.53 Å². The minimum Gasteiger partial charge on any atom is -0.465 e. The van der Waals surface area contributed by atoms with Crippen molar-refractivity contribution in [3.05, 3.63) is 113 Å². The first kappa shape index (κ1) is 28.0. The number of ether oxygens (including phenoxy) is 1. The molecule has 1 amide bonds. The number of hydrogen-bond donors (Lipinski definition) is 2. The first-order valence-electron chi connectivity index (χ1n) is 13.2. The Morgan fingerprint density at radius 3 is 2.59 bits per heavy atom. The highest BCUT2D eigenvalue weighted by Gasteiger charge is 2.41. The summed E-state index contributed by atoms with van der Waals surface area (Å²) in [4.78, 5) is 31.6. The summed E-state index contributed by atoms with van der Waals surface area (Å²) < 4.78 is 21.1. The van der Waals surface area contributed by atoms with Crippen molar-refractivity contribution in [2.24, 2.45) is 0 Å². The predicted molar refractivity (Wildman–Crippen MR) is 158 cm³/mol. The van der Waals surface area contributed by atoms with E-state index in [0.717, 1.165) is 28.3 Å². The van der Waals surface area contributed by atoms with Crippen molar-refractivity contribution in [1.29, 1.82) is 0 Å². The number of methoxy groups -OCH3 is 1. The number of aryl methyl sites for hydroxylation is 1. The number of thiocarbonyl (C=S) groups is 1. The molecule has 5 rings (SSSR count). The van der Waals surface area contributed by atoms with E-state index >= 15 is 0 Å². The van der Waals surface area contributed by atoms with Crippen LogP contribution in [0.4, 0.5) is 10.1 Å². The van der Waals surface area contributed by atoms with E-state index in [-0.39, 0.29) is 30.1 Å². The van der Waals surface area contributed by atoms with Crippen molar-refractivity contribution in [3.8, 4) is 5.69 Å². The maximum Gasteiger partial charge on any atom is 0.337 e. The fourth-order valence-electron chi connectivity index (χ4n) is 5.36. The van der Waals surface area contributed by atoms with E-state index < -0.39 is 11.8 Å². The number of anilines is 1. The lowest BCUT2D eigenvalue weighted by Gasteiger charge is -2.28. The predicted octanol–water partition coefficient (Wildman–Crippen LogP) is 5.42. The van der Waals surface area contributed by atoms with Crippen molar-refractivity contribution in [3.63, 3.8) is 0 Å². The molecule has 8 nitrogen and oxygen atoms in total. The average molecular weight is 572 g/mol. The van der Waals surface area contributed by atoms with Gasteiger partial charge in [-0.1, -0.05) is 24.3 Å². The van der Waals surface area contributed by atoms with Gasteiger partial charge in [-0.05, 0) is 80.2 Å². The van der Waals surface area contributed by atoms with Gasteiger partial charge in [0.15, 0.2) is 5.11 Å². The molecule has 210 valence electrons. The smallest absolute Gasteiger partial charge is 0.337 e. The van der Waals surface area contributed by atoms with Crippen LogP contribution in [0.2, 0.25) is 0 Å². The van der Waals surface area contributed by atoms with Gasteiger partial charge in [0.25, 0.3) is 0 Å². The van der Waals surface area contributed by atoms with E-state index in [1.807, 2.05) is 49.1 Å². The fourth-order valence-corrected chi connectivity index (χ4v) is 5.69. The summed E-state index contributed by atoms with van der Waals surface area (Å²) in [5.74, 6) is -1.21. The van der Waals surface area contributed by atoms with Gasteiger partial charge in [0.05, 0.1) is 36.1 Å². The Morgan fingerprint density at radius 1 is 1.07 bits per heavy atom. The van der Waals surface area contributed by atoms with Crippen LogP contribution < -0.4 is 10.6 Å². The first-order valence-corrected chi connectivity index (χ1v) is 13.6. The molecule has 1 aliphatic rings. The molecule has 0 radical (unpaired) electrons. The third kappa shape index (κ3) is 5.69. The number of para-hydroxylation sites is 1. The largest absolute Gasteiger partial charge is 0.465 e. The molecule has 0 spiro atoms. The Kier molecular flexibility index (Phi) is 8.11. The van der Waals surface area contributed by atoms with Crippen molar-refractivity contribution < 1.29 is 18.7 Å². The van der Waals surface area contributed by atoms with Gasteiger partial charge < -0.3 is 24.8 Å². The van der Waals surface area contributed by atoms with E-state index in [4.69, 9.17) is 17.0 Å². The van der Waals surface area contributed by atoms with Gasteiger partial charge >= 0.3 is 5.97 Å². The van der Waals surface area contributed by atoms with Gasteiger partial charge in [0.2, 0.25) is 5.91 Å². The molecular formula is C31H30FN5O3S. The molecule has 2 aromatic heterocycles. The minimum absolute atomic E-state index is 0.0987. The van der Waals surface area contributed by atoms with Gasteiger partial charge in [-0.25, -0.2) is 9.18 Å². The number of nitrogens with zero attached hydrogens (tertiary/aromatic N) is 3.